The van der Waals surface area contributed by atoms with Gasteiger partial charge in [-0.25, -0.2) is 0 Å². The van der Waals surface area contributed by atoms with Crippen molar-refractivity contribution in [2.75, 3.05) is 0 Å². The molecule has 5 heteroatoms. The van der Waals surface area contributed by atoms with Gasteiger partial charge in [0.15, 0.2) is 0 Å². The Balaban J connectivity index is 0.000000145. The third-order valence-corrected chi connectivity index (χ3v) is 6.36. The number of carbonyl (C=O) groups is 1. The van der Waals surface area contributed by atoms with Crippen LogP contribution in [0, 0.1) is 11.3 Å². The van der Waals surface area contributed by atoms with Crippen LogP contribution in [0.2, 0.25) is 0 Å². The fourth-order valence-electron chi connectivity index (χ4n) is 4.86. The van der Waals surface area contributed by atoms with Crippen molar-refractivity contribution < 1.29 is 9.90 Å². The smallest absolute Gasteiger partial charge is 0.305 e. The molecule has 2 aromatic heterocycles. The van der Waals surface area contributed by atoms with Gasteiger partial charge in [-0.3, -0.25) is 4.79 Å². The number of hydrogen-bond donors (Lipinski definition) is 1. The number of aryl methyl sites for hydroxylation is 2. The van der Waals surface area contributed by atoms with Crippen molar-refractivity contribution in [3.05, 3.63) is 97.1 Å². The average molecular weight is 460 g/mol. The van der Waals surface area contributed by atoms with E-state index in [1.54, 1.807) is 0 Å². The maximum atomic E-state index is 10.8. The number of nitriles is 1. The highest BCUT2D eigenvalue weighted by molar-refractivity contribution is 6.08. The van der Waals surface area contributed by atoms with Gasteiger partial charge in [0, 0.05) is 56.7 Å². The molecule has 0 bridgehead atoms. The Hall–Kier alpha value is -4.56. The first-order chi connectivity index (χ1) is 17.2. The third kappa shape index (κ3) is 4.22. The maximum Gasteiger partial charge on any atom is 0.305 e. The van der Waals surface area contributed by atoms with Crippen LogP contribution in [-0.2, 0) is 17.9 Å². The Morgan fingerprint density at radius 3 is 1.31 bits per heavy atom. The molecular weight excluding hydrogens is 434 g/mol. The highest BCUT2D eigenvalue weighted by Crippen LogP contribution is 2.29. The van der Waals surface area contributed by atoms with E-state index in [9.17, 15) is 4.79 Å². The zero-order valence-corrected chi connectivity index (χ0v) is 19.3. The van der Waals surface area contributed by atoms with Crippen LogP contribution >= 0.6 is 0 Å². The van der Waals surface area contributed by atoms with Crippen LogP contribution in [0.3, 0.4) is 0 Å². The van der Waals surface area contributed by atoms with E-state index < -0.39 is 5.97 Å². The third-order valence-electron chi connectivity index (χ3n) is 6.36. The standard InChI is InChI=1S/C15H12N2.C15H13NO2/c16-10-5-11-17-14-8-3-1-6-12(14)13-7-2-4-9-15(13)17;17-15(18)9-10-16-13-7-3-1-5-11(13)12-6-2-4-8-14(12)16/h1-4,6-9H,5,11H2;1-8H,9-10H2,(H,17,18). The number of aromatic nitrogens is 2. The summed E-state index contributed by atoms with van der Waals surface area (Å²) in [6.45, 7) is 1.26. The van der Waals surface area contributed by atoms with Crippen LogP contribution in [0.1, 0.15) is 12.8 Å². The Labute approximate surface area is 203 Å². The van der Waals surface area contributed by atoms with Gasteiger partial charge in [-0.15, -0.1) is 0 Å². The second kappa shape index (κ2) is 9.74. The quantitative estimate of drug-likeness (QED) is 0.302. The summed E-state index contributed by atoms with van der Waals surface area (Å²) in [4.78, 5) is 10.8. The van der Waals surface area contributed by atoms with E-state index in [0.717, 1.165) is 17.6 Å². The van der Waals surface area contributed by atoms with E-state index in [1.807, 2.05) is 48.5 Å². The van der Waals surface area contributed by atoms with Gasteiger partial charge in [0.25, 0.3) is 0 Å². The normalized spacial score (nSPS) is 10.9. The molecular formula is C30H25N3O2. The lowest BCUT2D eigenvalue weighted by Crippen LogP contribution is -2.04. The summed E-state index contributed by atoms with van der Waals surface area (Å²) < 4.78 is 4.31. The van der Waals surface area contributed by atoms with Crippen molar-refractivity contribution >= 4 is 49.6 Å². The summed E-state index contributed by atoms with van der Waals surface area (Å²) in [7, 11) is 0. The minimum absolute atomic E-state index is 0.142. The second-order valence-corrected chi connectivity index (χ2v) is 8.42. The van der Waals surface area contributed by atoms with Crippen molar-refractivity contribution in [3.63, 3.8) is 0 Å². The zero-order valence-electron chi connectivity index (χ0n) is 19.3. The summed E-state index contributed by atoms with van der Waals surface area (Å²) in [6.07, 6.45) is 0.686. The lowest BCUT2D eigenvalue weighted by atomic mass is 10.2. The lowest BCUT2D eigenvalue weighted by molar-refractivity contribution is -0.137. The predicted octanol–water partition coefficient (Wildman–Crippen LogP) is 6.98. The maximum absolute atomic E-state index is 10.8. The van der Waals surface area contributed by atoms with E-state index in [4.69, 9.17) is 10.4 Å². The van der Waals surface area contributed by atoms with E-state index in [1.165, 1.54) is 32.6 Å². The summed E-state index contributed by atoms with van der Waals surface area (Å²) >= 11 is 0. The monoisotopic (exact) mass is 459 g/mol. The van der Waals surface area contributed by atoms with Crippen LogP contribution in [0.5, 0.6) is 0 Å². The molecule has 5 nitrogen and oxygen atoms in total. The Morgan fingerprint density at radius 2 is 0.971 bits per heavy atom. The first kappa shape index (κ1) is 22.2. The topological polar surface area (TPSA) is 70.9 Å². The minimum atomic E-state index is -0.767. The van der Waals surface area contributed by atoms with E-state index >= 15 is 0 Å². The molecule has 6 aromatic rings. The van der Waals surface area contributed by atoms with E-state index in [0.29, 0.717) is 13.0 Å². The van der Waals surface area contributed by atoms with Crippen molar-refractivity contribution in [2.45, 2.75) is 25.9 Å². The van der Waals surface area contributed by atoms with Gasteiger partial charge in [0.05, 0.1) is 18.9 Å². The molecule has 0 aliphatic heterocycles. The SMILES string of the molecule is N#CCCn1c2ccccc2c2ccccc21.O=C(O)CCn1c2ccccc2c2ccccc21. The van der Waals surface area contributed by atoms with Crippen LogP contribution in [-0.4, -0.2) is 20.2 Å². The predicted molar refractivity (Wildman–Crippen MR) is 141 cm³/mol. The van der Waals surface area contributed by atoms with Crippen molar-refractivity contribution in [3.8, 4) is 6.07 Å². The first-order valence-corrected chi connectivity index (χ1v) is 11.7. The van der Waals surface area contributed by atoms with Gasteiger partial charge in [0.2, 0.25) is 0 Å². The molecule has 0 unspecified atom stereocenters. The Morgan fingerprint density at radius 1 is 0.629 bits per heavy atom. The summed E-state index contributed by atoms with van der Waals surface area (Å²) in [5.41, 5.74) is 4.62. The van der Waals surface area contributed by atoms with Gasteiger partial charge in [0.1, 0.15) is 0 Å². The number of hydrogen-bond acceptors (Lipinski definition) is 2. The molecule has 0 fully saturated rings. The molecule has 35 heavy (non-hydrogen) atoms. The van der Waals surface area contributed by atoms with Crippen molar-refractivity contribution in [2.24, 2.45) is 0 Å². The largest absolute Gasteiger partial charge is 0.481 e. The van der Waals surface area contributed by atoms with Gasteiger partial charge in [-0.1, -0.05) is 72.8 Å². The molecule has 0 atom stereocenters. The molecule has 0 aliphatic carbocycles. The highest BCUT2D eigenvalue weighted by Gasteiger charge is 2.10. The van der Waals surface area contributed by atoms with Gasteiger partial charge in [-0.2, -0.15) is 5.26 Å². The van der Waals surface area contributed by atoms with Gasteiger partial charge >= 0.3 is 5.97 Å². The minimum Gasteiger partial charge on any atom is -0.481 e. The second-order valence-electron chi connectivity index (χ2n) is 8.42. The molecule has 0 radical (unpaired) electrons. The number of carboxylic acids is 1. The number of rotatable bonds is 5. The van der Waals surface area contributed by atoms with Crippen LogP contribution < -0.4 is 0 Å². The van der Waals surface area contributed by atoms with Gasteiger partial charge < -0.3 is 14.2 Å². The van der Waals surface area contributed by atoms with Crippen molar-refractivity contribution in [1.82, 2.24) is 9.13 Å². The Kier molecular flexibility index (Phi) is 6.19. The van der Waals surface area contributed by atoms with Crippen molar-refractivity contribution in [1.29, 1.82) is 5.26 Å². The van der Waals surface area contributed by atoms with Crippen LogP contribution in [0.15, 0.2) is 97.1 Å². The highest BCUT2D eigenvalue weighted by atomic mass is 16.4. The number of nitrogens with zero attached hydrogens (tertiary/aromatic N) is 3. The molecule has 0 aliphatic rings. The Bertz CT molecular complexity index is 1600. The number of aliphatic carboxylic acids is 1. The van der Waals surface area contributed by atoms with E-state index in [2.05, 4.69) is 63.7 Å². The number of benzene rings is 4. The van der Waals surface area contributed by atoms with Crippen LogP contribution in [0.25, 0.3) is 43.6 Å². The molecule has 6 rings (SSSR count). The molecule has 0 saturated heterocycles. The number of fused-ring (bicyclic) bond motifs is 6. The molecule has 172 valence electrons. The van der Waals surface area contributed by atoms with E-state index in [-0.39, 0.29) is 6.42 Å². The fraction of sp³-hybridized carbons (Fsp3) is 0.133. The number of para-hydroxylation sites is 4. The first-order valence-electron chi connectivity index (χ1n) is 11.7. The summed E-state index contributed by atoms with van der Waals surface area (Å²) in [5, 5.41) is 22.5. The molecule has 0 spiro atoms. The molecule has 4 aromatic carbocycles. The number of carboxylic acid groups (broad SMARTS) is 1. The van der Waals surface area contributed by atoms with Gasteiger partial charge in [-0.05, 0) is 24.3 Å². The summed E-state index contributed by atoms with van der Waals surface area (Å²) in [5.74, 6) is -0.767. The average Bonchev–Trinajstić information content (AvgIpc) is 3.39. The molecule has 2 heterocycles. The fourth-order valence-corrected chi connectivity index (χ4v) is 4.86. The zero-order chi connectivity index (χ0) is 24.2. The summed E-state index contributed by atoms with van der Waals surface area (Å²) in [6, 6.07) is 35.2. The lowest BCUT2D eigenvalue weighted by Gasteiger charge is -2.04. The van der Waals surface area contributed by atoms with Crippen LogP contribution in [0.4, 0.5) is 0 Å². The molecule has 1 N–H and O–H groups in total. The molecule has 0 amide bonds. The molecule has 0 saturated carbocycles.